The molecule has 3 fully saturated rings. The van der Waals surface area contributed by atoms with Gasteiger partial charge in [-0.25, -0.2) is 4.98 Å². The maximum absolute atomic E-state index is 12.5. The van der Waals surface area contributed by atoms with Gasteiger partial charge in [0.15, 0.2) is 0 Å². The summed E-state index contributed by atoms with van der Waals surface area (Å²) in [6.45, 7) is 3.23. The van der Waals surface area contributed by atoms with E-state index in [9.17, 15) is 4.79 Å². The van der Waals surface area contributed by atoms with Gasteiger partial charge in [0.25, 0.3) is 0 Å². The third kappa shape index (κ3) is 4.80. The lowest BCUT2D eigenvalue weighted by atomic mass is 9.85. The van der Waals surface area contributed by atoms with Crippen molar-refractivity contribution in [2.24, 2.45) is 5.92 Å². The second-order valence-corrected chi connectivity index (χ2v) is 7.10. The summed E-state index contributed by atoms with van der Waals surface area (Å²) in [5.41, 5.74) is 0.772. The minimum Gasteiger partial charge on any atom is -0.378 e. The zero-order valence-electron chi connectivity index (χ0n) is 14.9. The molecule has 1 aromatic rings. The molecule has 26 heavy (non-hydrogen) atoms. The predicted octanol–water partition coefficient (Wildman–Crippen LogP) is 2.62. The number of nitrogens with one attached hydrogen (secondary N) is 2. The quantitative estimate of drug-likeness (QED) is 0.812. The van der Waals surface area contributed by atoms with Crippen molar-refractivity contribution in [1.29, 1.82) is 0 Å². The van der Waals surface area contributed by atoms with E-state index in [0.717, 1.165) is 44.2 Å². The second kappa shape index (κ2) is 9.74. The zero-order chi connectivity index (χ0) is 16.4. The summed E-state index contributed by atoms with van der Waals surface area (Å²) in [5.74, 6) is 1.70. The molecule has 2 N–H and O–H groups in total. The van der Waals surface area contributed by atoms with Crippen molar-refractivity contribution in [3.63, 3.8) is 0 Å². The number of carbonyl (C=O) groups is 1. The molecule has 1 aromatic heterocycles. The lowest BCUT2D eigenvalue weighted by molar-refractivity contribution is -0.117. The molecule has 1 saturated carbocycles. The molecular weight excluding hydrogens is 375 g/mol. The average Bonchev–Trinajstić information content (AvgIpc) is 3.07. The van der Waals surface area contributed by atoms with Gasteiger partial charge < -0.3 is 20.3 Å². The summed E-state index contributed by atoms with van der Waals surface area (Å²) in [6, 6.07) is 4.40. The summed E-state index contributed by atoms with van der Waals surface area (Å²) >= 11 is 0. The van der Waals surface area contributed by atoms with E-state index in [1.807, 2.05) is 12.1 Å². The molecule has 3 unspecified atom stereocenters. The molecule has 0 spiro atoms. The van der Waals surface area contributed by atoms with E-state index in [-0.39, 0.29) is 36.8 Å². The van der Waals surface area contributed by atoms with Gasteiger partial charge in [0.1, 0.15) is 5.82 Å². The molecule has 0 bridgehead atoms. The van der Waals surface area contributed by atoms with E-state index in [0.29, 0.717) is 12.0 Å². The standard InChI is InChI=1S/C18H26N4O2.2ClH/c23-18(16-11-13-3-1-2-4-15(13)21-16)20-14-5-6-17(19-12-14)22-7-9-24-10-8-22;;/h5-6,12-13,15-16,21H,1-4,7-11H2,(H,20,23);2*1H. The van der Waals surface area contributed by atoms with Crippen LogP contribution in [0.1, 0.15) is 32.1 Å². The molecule has 1 aliphatic carbocycles. The van der Waals surface area contributed by atoms with Crippen molar-refractivity contribution < 1.29 is 9.53 Å². The smallest absolute Gasteiger partial charge is 0.241 e. The first kappa shape index (κ1) is 21.2. The Bertz CT molecular complexity index is 567. The van der Waals surface area contributed by atoms with Crippen molar-refractivity contribution in [2.45, 2.75) is 44.2 Å². The van der Waals surface area contributed by atoms with Crippen molar-refractivity contribution in [3.05, 3.63) is 18.3 Å². The number of fused-ring (bicyclic) bond motifs is 1. The summed E-state index contributed by atoms with van der Waals surface area (Å²) in [7, 11) is 0. The van der Waals surface area contributed by atoms with Gasteiger partial charge in [-0.2, -0.15) is 0 Å². The number of amides is 1. The van der Waals surface area contributed by atoms with E-state index >= 15 is 0 Å². The minimum absolute atomic E-state index is 0. The highest BCUT2D eigenvalue weighted by Gasteiger charge is 2.38. The van der Waals surface area contributed by atoms with Gasteiger partial charge in [-0.3, -0.25) is 4.79 Å². The fourth-order valence-corrected chi connectivity index (χ4v) is 4.19. The Morgan fingerprint density at radius 1 is 1.19 bits per heavy atom. The third-order valence-electron chi connectivity index (χ3n) is 5.53. The van der Waals surface area contributed by atoms with Crippen molar-refractivity contribution >= 4 is 42.2 Å². The first-order valence-corrected chi connectivity index (χ1v) is 9.15. The van der Waals surface area contributed by atoms with Crippen LogP contribution in [0.25, 0.3) is 0 Å². The van der Waals surface area contributed by atoms with Crippen LogP contribution < -0.4 is 15.5 Å². The maximum Gasteiger partial charge on any atom is 0.241 e. The van der Waals surface area contributed by atoms with Gasteiger partial charge in [0.2, 0.25) is 5.91 Å². The largest absolute Gasteiger partial charge is 0.378 e. The average molecular weight is 403 g/mol. The Morgan fingerprint density at radius 2 is 1.96 bits per heavy atom. The molecule has 8 heteroatoms. The summed E-state index contributed by atoms with van der Waals surface area (Å²) in [6.07, 6.45) is 7.79. The number of morpholine rings is 1. The number of nitrogens with zero attached hydrogens (tertiary/aromatic N) is 2. The number of hydrogen-bond donors (Lipinski definition) is 2. The first-order valence-electron chi connectivity index (χ1n) is 9.15. The SMILES string of the molecule is Cl.Cl.O=C(Nc1ccc(N2CCOCC2)nc1)C1CC2CCCCC2N1. The van der Waals surface area contributed by atoms with E-state index < -0.39 is 0 Å². The van der Waals surface area contributed by atoms with Crippen LogP contribution in [0.4, 0.5) is 11.5 Å². The number of pyridine rings is 1. The third-order valence-corrected chi connectivity index (χ3v) is 5.53. The highest BCUT2D eigenvalue weighted by molar-refractivity contribution is 5.95. The normalized spacial score (nSPS) is 27.7. The summed E-state index contributed by atoms with van der Waals surface area (Å²) in [4.78, 5) is 19.2. The second-order valence-electron chi connectivity index (χ2n) is 7.10. The maximum atomic E-state index is 12.5. The molecule has 3 heterocycles. The van der Waals surface area contributed by atoms with Gasteiger partial charge in [-0.15, -0.1) is 24.8 Å². The van der Waals surface area contributed by atoms with Crippen LogP contribution in [0.3, 0.4) is 0 Å². The van der Waals surface area contributed by atoms with Crippen LogP contribution >= 0.6 is 24.8 Å². The van der Waals surface area contributed by atoms with Gasteiger partial charge >= 0.3 is 0 Å². The predicted molar refractivity (Wildman–Crippen MR) is 108 cm³/mol. The van der Waals surface area contributed by atoms with Gasteiger partial charge in [-0.05, 0) is 37.3 Å². The van der Waals surface area contributed by atoms with Crippen molar-refractivity contribution in [2.75, 3.05) is 36.5 Å². The fourth-order valence-electron chi connectivity index (χ4n) is 4.19. The molecule has 4 rings (SSSR count). The van der Waals surface area contributed by atoms with Crippen LogP contribution in [0, 0.1) is 5.92 Å². The number of aromatic nitrogens is 1. The lowest BCUT2D eigenvalue weighted by Crippen LogP contribution is -2.40. The molecule has 146 valence electrons. The van der Waals surface area contributed by atoms with E-state index in [4.69, 9.17) is 4.74 Å². The Hall–Kier alpha value is -1.08. The van der Waals surface area contributed by atoms with Crippen LogP contribution in [0.2, 0.25) is 0 Å². The minimum atomic E-state index is -0.0583. The zero-order valence-corrected chi connectivity index (χ0v) is 16.5. The molecule has 2 aliphatic heterocycles. The Morgan fingerprint density at radius 3 is 2.65 bits per heavy atom. The van der Waals surface area contributed by atoms with Crippen LogP contribution in [0.15, 0.2) is 18.3 Å². The highest BCUT2D eigenvalue weighted by atomic mass is 35.5. The van der Waals surface area contributed by atoms with E-state index in [1.54, 1.807) is 6.20 Å². The number of hydrogen-bond acceptors (Lipinski definition) is 5. The lowest BCUT2D eigenvalue weighted by Gasteiger charge is -2.27. The Labute approximate surface area is 167 Å². The van der Waals surface area contributed by atoms with Crippen molar-refractivity contribution in [3.8, 4) is 0 Å². The molecule has 0 radical (unpaired) electrons. The van der Waals surface area contributed by atoms with Crippen LogP contribution in [-0.4, -0.2) is 49.3 Å². The van der Waals surface area contributed by atoms with E-state index in [1.165, 1.54) is 25.7 Å². The van der Waals surface area contributed by atoms with Crippen LogP contribution in [-0.2, 0) is 9.53 Å². The number of rotatable bonds is 3. The Balaban J connectivity index is 0.00000121. The van der Waals surface area contributed by atoms with E-state index in [2.05, 4.69) is 20.5 Å². The number of ether oxygens (including phenoxy) is 1. The number of halogens is 2. The Kier molecular flexibility index (Phi) is 7.95. The van der Waals surface area contributed by atoms with Gasteiger partial charge in [0, 0.05) is 19.1 Å². The molecule has 3 atom stereocenters. The fraction of sp³-hybridized carbons (Fsp3) is 0.667. The first-order chi connectivity index (χ1) is 11.8. The summed E-state index contributed by atoms with van der Waals surface area (Å²) < 4.78 is 5.36. The molecule has 3 aliphatic rings. The molecule has 2 saturated heterocycles. The molecule has 1 amide bonds. The number of carbonyl (C=O) groups excluding carboxylic acids is 1. The van der Waals surface area contributed by atoms with Crippen molar-refractivity contribution in [1.82, 2.24) is 10.3 Å². The van der Waals surface area contributed by atoms with Gasteiger partial charge in [-0.1, -0.05) is 12.8 Å². The molecular formula is C18H28Cl2N4O2. The topological polar surface area (TPSA) is 66.5 Å². The number of anilines is 2. The highest BCUT2D eigenvalue weighted by Crippen LogP contribution is 2.33. The molecule has 6 nitrogen and oxygen atoms in total. The molecule has 0 aromatic carbocycles. The monoisotopic (exact) mass is 402 g/mol. The van der Waals surface area contributed by atoms with Crippen LogP contribution in [0.5, 0.6) is 0 Å². The summed E-state index contributed by atoms with van der Waals surface area (Å²) in [5, 5.41) is 6.54. The van der Waals surface area contributed by atoms with Gasteiger partial charge in [0.05, 0.1) is 31.1 Å².